The lowest BCUT2D eigenvalue weighted by Gasteiger charge is -2.14. The third-order valence-electron chi connectivity index (χ3n) is 3.91. The fraction of sp³-hybridized carbons (Fsp3) is 0.400. The molecule has 0 aliphatic carbocycles. The maximum Gasteiger partial charge on any atom is 0.191 e. The second-order valence-corrected chi connectivity index (χ2v) is 6.02. The van der Waals surface area contributed by atoms with E-state index in [9.17, 15) is 0 Å². The van der Waals surface area contributed by atoms with Gasteiger partial charge in [0.25, 0.3) is 0 Å². The lowest BCUT2D eigenvalue weighted by Crippen LogP contribution is -2.38. The number of aromatic nitrogens is 1. The van der Waals surface area contributed by atoms with Gasteiger partial charge >= 0.3 is 0 Å². The van der Waals surface area contributed by atoms with Crippen molar-refractivity contribution in [3.63, 3.8) is 0 Å². The van der Waals surface area contributed by atoms with E-state index in [1.54, 1.807) is 0 Å². The van der Waals surface area contributed by atoms with Crippen LogP contribution in [-0.4, -0.2) is 30.6 Å². The maximum absolute atomic E-state index is 4.71. The average molecular weight is 324 g/mol. The minimum atomic E-state index is 0.406. The third-order valence-corrected chi connectivity index (χ3v) is 3.91. The van der Waals surface area contributed by atoms with Crippen molar-refractivity contribution in [3.8, 4) is 0 Å². The molecule has 0 aliphatic rings. The number of hydrogen-bond donors (Lipinski definition) is 2. The van der Waals surface area contributed by atoms with Gasteiger partial charge in [-0.1, -0.05) is 43.3 Å². The topological polar surface area (TPSA) is 49.3 Å². The Bertz CT molecular complexity index is 620. The van der Waals surface area contributed by atoms with Gasteiger partial charge in [-0.25, -0.2) is 0 Å². The molecule has 2 N–H and O–H groups in total. The van der Waals surface area contributed by atoms with Crippen LogP contribution >= 0.6 is 0 Å². The maximum atomic E-state index is 4.71. The van der Waals surface area contributed by atoms with Gasteiger partial charge in [-0.2, -0.15) is 0 Å². The highest BCUT2D eigenvalue weighted by Gasteiger charge is 2.05. The second kappa shape index (κ2) is 9.71. The summed E-state index contributed by atoms with van der Waals surface area (Å²) in [5.41, 5.74) is 3.61. The first-order chi connectivity index (χ1) is 11.7. The molecule has 0 saturated heterocycles. The van der Waals surface area contributed by atoms with E-state index in [-0.39, 0.29) is 0 Å². The predicted octanol–water partition coefficient (Wildman–Crippen LogP) is 3.29. The molecule has 2 aromatic rings. The summed E-state index contributed by atoms with van der Waals surface area (Å²) in [6.45, 7) is 8.77. The van der Waals surface area contributed by atoms with Crippen molar-refractivity contribution in [2.45, 2.75) is 33.1 Å². The standard InChI is InChI=1S/C20H28N4/c1-4-21-20(22-13-12-18-11-10-17(3)23-15-18)24-14-16(2)19-8-6-5-7-9-19/h5-11,15-16H,4,12-14H2,1-3H3,(H2,21,22,24). The fourth-order valence-electron chi connectivity index (χ4n) is 2.43. The van der Waals surface area contributed by atoms with E-state index in [4.69, 9.17) is 4.99 Å². The van der Waals surface area contributed by atoms with Crippen LogP contribution in [0.5, 0.6) is 0 Å². The lowest BCUT2D eigenvalue weighted by molar-refractivity contribution is 0.745. The van der Waals surface area contributed by atoms with Gasteiger partial charge in [0, 0.05) is 37.4 Å². The third kappa shape index (κ3) is 6.03. The molecule has 1 unspecified atom stereocenters. The molecule has 4 nitrogen and oxygen atoms in total. The predicted molar refractivity (Wildman–Crippen MR) is 102 cm³/mol. The molecule has 0 bridgehead atoms. The Morgan fingerprint density at radius 3 is 2.58 bits per heavy atom. The largest absolute Gasteiger partial charge is 0.357 e. The zero-order valence-electron chi connectivity index (χ0n) is 14.9. The minimum absolute atomic E-state index is 0.406. The Kier molecular flexibility index (Phi) is 7.27. The molecule has 1 heterocycles. The normalized spacial score (nSPS) is 12.7. The summed E-state index contributed by atoms with van der Waals surface area (Å²) in [6.07, 6.45) is 2.88. The van der Waals surface area contributed by atoms with Gasteiger partial charge < -0.3 is 10.6 Å². The molecule has 0 radical (unpaired) electrons. The molecule has 24 heavy (non-hydrogen) atoms. The highest BCUT2D eigenvalue weighted by molar-refractivity contribution is 5.79. The molecule has 1 atom stereocenters. The smallest absolute Gasteiger partial charge is 0.191 e. The van der Waals surface area contributed by atoms with Crippen molar-refractivity contribution < 1.29 is 0 Å². The molecule has 0 saturated carbocycles. The molecular weight excluding hydrogens is 296 g/mol. The van der Waals surface area contributed by atoms with E-state index >= 15 is 0 Å². The van der Waals surface area contributed by atoms with Gasteiger partial charge in [-0.05, 0) is 37.5 Å². The van der Waals surface area contributed by atoms with Crippen molar-refractivity contribution in [3.05, 3.63) is 65.5 Å². The van der Waals surface area contributed by atoms with Crippen molar-refractivity contribution in [1.29, 1.82) is 0 Å². The van der Waals surface area contributed by atoms with Crippen LogP contribution in [-0.2, 0) is 6.42 Å². The molecule has 2 rings (SSSR count). The van der Waals surface area contributed by atoms with E-state index in [1.807, 2.05) is 19.2 Å². The molecule has 0 aliphatic heterocycles. The first kappa shape index (κ1) is 18.0. The zero-order chi connectivity index (χ0) is 17.2. The van der Waals surface area contributed by atoms with E-state index in [0.29, 0.717) is 5.92 Å². The number of aliphatic imine (C=N–C) groups is 1. The van der Waals surface area contributed by atoms with E-state index in [0.717, 1.165) is 37.7 Å². The number of guanidine groups is 1. The summed E-state index contributed by atoms with van der Waals surface area (Å²) >= 11 is 0. The van der Waals surface area contributed by atoms with Crippen molar-refractivity contribution in [2.75, 3.05) is 19.6 Å². The molecule has 1 aromatic heterocycles. The Labute approximate surface area is 145 Å². The number of pyridine rings is 1. The van der Waals surface area contributed by atoms with Crippen molar-refractivity contribution in [2.24, 2.45) is 4.99 Å². The zero-order valence-corrected chi connectivity index (χ0v) is 14.9. The Hall–Kier alpha value is -2.36. The SMILES string of the molecule is CCNC(=NCC(C)c1ccccc1)NCCc1ccc(C)nc1. The number of aryl methyl sites for hydroxylation is 1. The summed E-state index contributed by atoms with van der Waals surface area (Å²) < 4.78 is 0. The van der Waals surface area contributed by atoms with Gasteiger partial charge in [0.1, 0.15) is 0 Å². The number of benzene rings is 1. The van der Waals surface area contributed by atoms with E-state index < -0.39 is 0 Å². The van der Waals surface area contributed by atoms with Crippen LogP contribution in [0, 0.1) is 6.92 Å². The number of nitrogens with one attached hydrogen (secondary N) is 2. The number of rotatable bonds is 7. The van der Waals surface area contributed by atoms with Gasteiger partial charge in [-0.3, -0.25) is 9.98 Å². The Balaban J connectivity index is 1.85. The Morgan fingerprint density at radius 1 is 1.12 bits per heavy atom. The summed E-state index contributed by atoms with van der Waals surface area (Å²) in [6, 6.07) is 14.7. The lowest BCUT2D eigenvalue weighted by atomic mass is 10.0. The quantitative estimate of drug-likeness (QED) is 0.607. The van der Waals surface area contributed by atoms with Gasteiger partial charge in [0.15, 0.2) is 5.96 Å². The van der Waals surface area contributed by atoms with E-state index in [1.165, 1.54) is 11.1 Å². The van der Waals surface area contributed by atoms with Crippen molar-refractivity contribution >= 4 is 5.96 Å². The number of hydrogen-bond acceptors (Lipinski definition) is 2. The summed E-state index contributed by atoms with van der Waals surface area (Å²) in [5.74, 6) is 1.28. The van der Waals surface area contributed by atoms with Crippen LogP contribution < -0.4 is 10.6 Å². The molecule has 0 fully saturated rings. The minimum Gasteiger partial charge on any atom is -0.357 e. The van der Waals surface area contributed by atoms with Gasteiger partial charge in [0.05, 0.1) is 0 Å². The average Bonchev–Trinajstić information content (AvgIpc) is 2.62. The van der Waals surface area contributed by atoms with E-state index in [2.05, 4.69) is 65.9 Å². The molecule has 0 spiro atoms. The summed E-state index contributed by atoms with van der Waals surface area (Å²) in [5, 5.41) is 6.71. The highest BCUT2D eigenvalue weighted by Crippen LogP contribution is 2.14. The van der Waals surface area contributed by atoms with Gasteiger partial charge in [0.2, 0.25) is 0 Å². The van der Waals surface area contributed by atoms with Crippen LogP contribution in [0.15, 0.2) is 53.7 Å². The summed E-state index contributed by atoms with van der Waals surface area (Å²) in [7, 11) is 0. The van der Waals surface area contributed by atoms with Crippen molar-refractivity contribution in [1.82, 2.24) is 15.6 Å². The molecule has 1 aromatic carbocycles. The monoisotopic (exact) mass is 324 g/mol. The highest BCUT2D eigenvalue weighted by atomic mass is 15.2. The molecule has 4 heteroatoms. The molecular formula is C20H28N4. The van der Waals surface area contributed by atoms with Crippen LogP contribution in [0.4, 0.5) is 0 Å². The molecule has 0 amide bonds. The first-order valence-corrected chi connectivity index (χ1v) is 8.67. The van der Waals surface area contributed by atoms with Crippen LogP contribution in [0.2, 0.25) is 0 Å². The van der Waals surface area contributed by atoms with Crippen LogP contribution in [0.25, 0.3) is 0 Å². The molecule has 128 valence electrons. The Morgan fingerprint density at radius 2 is 1.92 bits per heavy atom. The number of nitrogens with zero attached hydrogens (tertiary/aromatic N) is 2. The summed E-state index contributed by atoms with van der Waals surface area (Å²) in [4.78, 5) is 9.05. The first-order valence-electron chi connectivity index (χ1n) is 8.67. The van der Waals surface area contributed by atoms with Crippen LogP contribution in [0.1, 0.15) is 36.6 Å². The van der Waals surface area contributed by atoms with Gasteiger partial charge in [-0.15, -0.1) is 0 Å². The fourth-order valence-corrected chi connectivity index (χ4v) is 2.43. The second-order valence-electron chi connectivity index (χ2n) is 6.02. The van der Waals surface area contributed by atoms with Crippen LogP contribution in [0.3, 0.4) is 0 Å².